The van der Waals surface area contributed by atoms with Crippen LogP contribution < -0.4 is 10.1 Å². The van der Waals surface area contributed by atoms with Crippen LogP contribution in [-0.2, 0) is 4.79 Å². The average Bonchev–Trinajstić information content (AvgIpc) is 2.54. The molecule has 1 unspecified atom stereocenters. The number of carbonyl (C=O) groups excluding carboxylic acids is 2. The molecule has 21 heavy (non-hydrogen) atoms. The normalized spacial score (nSPS) is 11.5. The Bertz CT molecular complexity index is 626. The van der Waals surface area contributed by atoms with Crippen molar-refractivity contribution in [1.29, 1.82) is 0 Å². The van der Waals surface area contributed by atoms with Crippen molar-refractivity contribution in [2.45, 2.75) is 5.38 Å². The smallest absolute Gasteiger partial charge is 0.250 e. The highest BCUT2D eigenvalue weighted by atomic mass is 35.5. The van der Waals surface area contributed by atoms with Gasteiger partial charge >= 0.3 is 0 Å². The maximum atomic E-state index is 12.1. The van der Waals surface area contributed by atoms with Crippen molar-refractivity contribution in [2.75, 3.05) is 12.4 Å². The Morgan fingerprint density at radius 1 is 1.05 bits per heavy atom. The van der Waals surface area contributed by atoms with Crippen LogP contribution in [0.4, 0.5) is 5.69 Å². The molecule has 5 heteroatoms. The third-order valence-electron chi connectivity index (χ3n) is 2.88. The Kier molecular flexibility index (Phi) is 4.95. The van der Waals surface area contributed by atoms with Gasteiger partial charge in [0.15, 0.2) is 11.2 Å². The van der Waals surface area contributed by atoms with Crippen LogP contribution in [0.25, 0.3) is 0 Å². The van der Waals surface area contributed by atoms with Gasteiger partial charge in [0, 0.05) is 11.3 Å². The second-order valence-corrected chi connectivity index (χ2v) is 4.75. The molecule has 108 valence electrons. The van der Waals surface area contributed by atoms with Gasteiger partial charge in [-0.25, -0.2) is 0 Å². The van der Waals surface area contributed by atoms with Crippen LogP contribution in [-0.4, -0.2) is 24.2 Å². The van der Waals surface area contributed by atoms with Crippen LogP contribution >= 0.6 is 11.6 Å². The standard InChI is InChI=1S/C16H14ClNO3/c1-21-13-9-7-11(8-10-13)15(19)14(17)16(20)18-12-5-3-2-4-6-12/h2-10,14H,1H3,(H,18,20). The van der Waals surface area contributed by atoms with Gasteiger partial charge in [-0.15, -0.1) is 11.6 Å². The minimum atomic E-state index is -1.28. The third kappa shape index (κ3) is 3.83. The molecule has 0 aliphatic carbocycles. The summed E-state index contributed by atoms with van der Waals surface area (Å²) >= 11 is 5.95. The average molecular weight is 304 g/mol. The minimum Gasteiger partial charge on any atom is -0.497 e. The summed E-state index contributed by atoms with van der Waals surface area (Å²) in [5, 5.41) is 1.32. The molecule has 0 saturated carbocycles. The maximum absolute atomic E-state index is 12.1. The molecule has 0 fully saturated rings. The number of carbonyl (C=O) groups is 2. The summed E-state index contributed by atoms with van der Waals surface area (Å²) in [6.45, 7) is 0. The molecule has 1 atom stereocenters. The first-order valence-corrected chi connectivity index (χ1v) is 6.73. The topological polar surface area (TPSA) is 55.4 Å². The van der Waals surface area contributed by atoms with E-state index in [4.69, 9.17) is 16.3 Å². The van der Waals surface area contributed by atoms with Gasteiger partial charge in [-0.05, 0) is 36.4 Å². The maximum Gasteiger partial charge on any atom is 0.250 e. The molecule has 0 aliphatic heterocycles. The van der Waals surface area contributed by atoms with Crippen LogP contribution in [0.2, 0.25) is 0 Å². The Hall–Kier alpha value is -2.33. The molecule has 2 aromatic carbocycles. The fourth-order valence-corrected chi connectivity index (χ4v) is 1.93. The van der Waals surface area contributed by atoms with Gasteiger partial charge in [0.2, 0.25) is 5.91 Å². The zero-order chi connectivity index (χ0) is 15.2. The molecular weight excluding hydrogens is 290 g/mol. The van der Waals surface area contributed by atoms with Crippen LogP contribution in [0.5, 0.6) is 5.75 Å². The zero-order valence-corrected chi connectivity index (χ0v) is 12.1. The number of nitrogens with one attached hydrogen (secondary N) is 1. The van der Waals surface area contributed by atoms with Crippen molar-refractivity contribution in [1.82, 2.24) is 0 Å². The number of methoxy groups -OCH3 is 1. The molecule has 0 radical (unpaired) electrons. The predicted molar refractivity (Wildman–Crippen MR) is 82.0 cm³/mol. The molecule has 0 spiro atoms. The van der Waals surface area contributed by atoms with Crippen LogP contribution in [0.15, 0.2) is 54.6 Å². The van der Waals surface area contributed by atoms with Gasteiger partial charge in [0.1, 0.15) is 5.75 Å². The summed E-state index contributed by atoms with van der Waals surface area (Å²) in [6.07, 6.45) is 0. The predicted octanol–water partition coefficient (Wildman–Crippen LogP) is 3.12. The molecule has 0 heterocycles. The number of anilines is 1. The van der Waals surface area contributed by atoms with E-state index < -0.39 is 17.1 Å². The van der Waals surface area contributed by atoms with Gasteiger partial charge in [0.25, 0.3) is 0 Å². The number of halogens is 1. The molecule has 0 aliphatic rings. The van der Waals surface area contributed by atoms with Crippen LogP contribution in [0, 0.1) is 0 Å². The number of hydrogen-bond acceptors (Lipinski definition) is 3. The molecule has 0 bridgehead atoms. The number of para-hydroxylation sites is 1. The van der Waals surface area contributed by atoms with E-state index in [1.54, 1.807) is 48.5 Å². The van der Waals surface area contributed by atoms with E-state index >= 15 is 0 Å². The summed E-state index contributed by atoms with van der Waals surface area (Å²) < 4.78 is 5.01. The first kappa shape index (κ1) is 15.1. The fraction of sp³-hybridized carbons (Fsp3) is 0.125. The number of amides is 1. The van der Waals surface area contributed by atoms with Gasteiger partial charge in [0.05, 0.1) is 7.11 Å². The lowest BCUT2D eigenvalue weighted by atomic mass is 10.1. The Morgan fingerprint density at radius 3 is 2.24 bits per heavy atom. The number of ether oxygens (including phenoxy) is 1. The van der Waals surface area contributed by atoms with E-state index in [1.807, 2.05) is 6.07 Å². The minimum absolute atomic E-state index is 0.360. The summed E-state index contributed by atoms with van der Waals surface area (Å²) in [4.78, 5) is 24.1. The van der Waals surface area contributed by atoms with E-state index in [1.165, 1.54) is 7.11 Å². The summed E-state index contributed by atoms with van der Waals surface area (Å²) in [7, 11) is 1.54. The van der Waals surface area contributed by atoms with E-state index in [9.17, 15) is 9.59 Å². The number of Topliss-reactive ketones (excluding diaryl/α,β-unsaturated/α-hetero) is 1. The van der Waals surface area contributed by atoms with E-state index in [-0.39, 0.29) is 0 Å². The Labute approximate surface area is 127 Å². The molecular formula is C16H14ClNO3. The van der Waals surface area contributed by atoms with Crippen LogP contribution in [0.1, 0.15) is 10.4 Å². The number of hydrogen-bond donors (Lipinski definition) is 1. The van der Waals surface area contributed by atoms with E-state index in [0.29, 0.717) is 17.0 Å². The second kappa shape index (κ2) is 6.90. The first-order chi connectivity index (χ1) is 10.1. The van der Waals surface area contributed by atoms with Crippen molar-refractivity contribution in [2.24, 2.45) is 0 Å². The summed E-state index contributed by atoms with van der Waals surface area (Å²) in [5.74, 6) is -0.372. The number of rotatable bonds is 5. The largest absolute Gasteiger partial charge is 0.497 e. The lowest BCUT2D eigenvalue weighted by Crippen LogP contribution is -2.30. The van der Waals surface area contributed by atoms with Crippen molar-refractivity contribution >= 4 is 29.0 Å². The van der Waals surface area contributed by atoms with E-state index in [2.05, 4.69) is 5.32 Å². The van der Waals surface area contributed by atoms with Gasteiger partial charge < -0.3 is 10.1 Å². The van der Waals surface area contributed by atoms with Crippen molar-refractivity contribution in [3.63, 3.8) is 0 Å². The molecule has 4 nitrogen and oxygen atoms in total. The highest BCUT2D eigenvalue weighted by molar-refractivity contribution is 6.45. The third-order valence-corrected chi connectivity index (χ3v) is 3.27. The molecule has 0 saturated heterocycles. The summed E-state index contributed by atoms with van der Waals surface area (Å²) in [6, 6.07) is 15.3. The van der Waals surface area contributed by atoms with Gasteiger partial charge in [-0.3, -0.25) is 9.59 Å². The van der Waals surface area contributed by atoms with Crippen molar-refractivity contribution < 1.29 is 14.3 Å². The number of ketones is 1. The lowest BCUT2D eigenvalue weighted by Gasteiger charge is -2.10. The second-order valence-electron chi connectivity index (χ2n) is 4.31. The van der Waals surface area contributed by atoms with E-state index in [0.717, 1.165) is 0 Å². The lowest BCUT2D eigenvalue weighted by molar-refractivity contribution is -0.115. The quantitative estimate of drug-likeness (QED) is 0.524. The zero-order valence-electron chi connectivity index (χ0n) is 11.4. The van der Waals surface area contributed by atoms with Crippen LogP contribution in [0.3, 0.4) is 0 Å². The SMILES string of the molecule is COc1ccc(C(=O)C(Cl)C(=O)Nc2ccccc2)cc1. The Balaban J connectivity index is 2.05. The molecule has 0 aromatic heterocycles. The molecule has 1 N–H and O–H groups in total. The highest BCUT2D eigenvalue weighted by Crippen LogP contribution is 2.16. The van der Waals surface area contributed by atoms with Crippen molar-refractivity contribution in [3.05, 3.63) is 60.2 Å². The molecule has 2 rings (SSSR count). The van der Waals surface area contributed by atoms with Gasteiger partial charge in [-0.1, -0.05) is 18.2 Å². The Morgan fingerprint density at radius 2 is 1.67 bits per heavy atom. The molecule has 2 aromatic rings. The summed E-state index contributed by atoms with van der Waals surface area (Å²) in [5.41, 5.74) is 0.953. The van der Waals surface area contributed by atoms with Crippen molar-refractivity contribution in [3.8, 4) is 5.75 Å². The monoisotopic (exact) mass is 303 g/mol. The number of benzene rings is 2. The first-order valence-electron chi connectivity index (χ1n) is 6.30. The fourth-order valence-electron chi connectivity index (χ4n) is 1.75. The highest BCUT2D eigenvalue weighted by Gasteiger charge is 2.25. The number of alkyl halides is 1. The van der Waals surface area contributed by atoms with Gasteiger partial charge in [-0.2, -0.15) is 0 Å². The molecule has 1 amide bonds.